The number of benzene rings is 2. The molecule has 6 nitrogen and oxygen atoms in total. The number of hydrogen-bond donors (Lipinski definition) is 1. The molecule has 0 saturated carbocycles. The minimum atomic E-state index is -0.0644. The van der Waals surface area contributed by atoms with Crippen molar-refractivity contribution in [3.8, 4) is 0 Å². The molecule has 0 radical (unpaired) electrons. The molecule has 2 heterocycles. The number of fused-ring (bicyclic) bond motifs is 1. The van der Waals surface area contributed by atoms with E-state index in [-0.39, 0.29) is 11.8 Å². The van der Waals surface area contributed by atoms with E-state index in [9.17, 15) is 9.59 Å². The number of hydrogen-bond acceptors (Lipinski definition) is 5. The average molecular weight is 453 g/mol. The van der Waals surface area contributed by atoms with E-state index in [1.807, 2.05) is 47.4 Å². The Bertz CT molecular complexity index is 943. The first-order valence-corrected chi connectivity index (χ1v) is 12.4. The normalized spacial score (nSPS) is 16.7. The number of piperazine rings is 1. The van der Waals surface area contributed by atoms with Gasteiger partial charge in [0.05, 0.1) is 11.3 Å². The molecule has 1 saturated heterocycles. The minimum Gasteiger partial charge on any atom is -0.352 e. The third kappa shape index (κ3) is 5.71. The average Bonchev–Trinajstić information content (AvgIpc) is 3.26. The third-order valence-electron chi connectivity index (χ3n) is 6.20. The summed E-state index contributed by atoms with van der Waals surface area (Å²) in [5, 5.41) is 3.06. The Labute approximate surface area is 194 Å². The van der Waals surface area contributed by atoms with Crippen LogP contribution >= 0.6 is 11.8 Å². The summed E-state index contributed by atoms with van der Waals surface area (Å²) in [5.74, 6) is 0.343. The summed E-state index contributed by atoms with van der Waals surface area (Å²) in [6.45, 7) is 6.81. The van der Waals surface area contributed by atoms with Crippen LogP contribution in [0.5, 0.6) is 0 Å². The molecule has 7 heteroatoms. The summed E-state index contributed by atoms with van der Waals surface area (Å²) in [6, 6.07) is 15.6. The summed E-state index contributed by atoms with van der Waals surface area (Å²) in [6.07, 6.45) is 1.84. The lowest BCUT2D eigenvalue weighted by Gasteiger charge is -2.32. The lowest BCUT2D eigenvalue weighted by Crippen LogP contribution is -2.45. The molecule has 0 bridgehead atoms. The molecule has 0 aliphatic carbocycles. The molecule has 2 aliphatic heterocycles. The largest absolute Gasteiger partial charge is 0.352 e. The number of para-hydroxylation sites is 1. The fourth-order valence-electron chi connectivity index (χ4n) is 4.27. The smallest absolute Gasteiger partial charge is 0.252 e. The Morgan fingerprint density at radius 3 is 2.56 bits per heavy atom. The molecule has 1 N–H and O–H groups in total. The SMILES string of the molecule is CN1CCN(CCCNC(=O)c2ccccc2SCC(=O)N2CCc3ccccc32)CC1. The number of carbonyl (C=O) groups is 2. The lowest BCUT2D eigenvalue weighted by atomic mass is 10.2. The van der Waals surface area contributed by atoms with Gasteiger partial charge in [-0.05, 0) is 50.2 Å². The topological polar surface area (TPSA) is 55.9 Å². The maximum atomic E-state index is 12.8. The molecule has 0 spiro atoms. The fourth-order valence-corrected chi connectivity index (χ4v) is 5.19. The van der Waals surface area contributed by atoms with Gasteiger partial charge in [0.1, 0.15) is 0 Å². The Balaban J connectivity index is 1.26. The molecule has 1 fully saturated rings. The van der Waals surface area contributed by atoms with Crippen molar-refractivity contribution < 1.29 is 9.59 Å². The van der Waals surface area contributed by atoms with Gasteiger partial charge in [0, 0.05) is 49.9 Å². The van der Waals surface area contributed by atoms with Crippen molar-refractivity contribution in [3.63, 3.8) is 0 Å². The van der Waals surface area contributed by atoms with Crippen molar-refractivity contribution in [1.82, 2.24) is 15.1 Å². The highest BCUT2D eigenvalue weighted by Gasteiger charge is 2.24. The molecule has 0 unspecified atom stereocenters. The van der Waals surface area contributed by atoms with Crippen LogP contribution in [0.2, 0.25) is 0 Å². The quantitative estimate of drug-likeness (QED) is 0.493. The zero-order valence-corrected chi connectivity index (χ0v) is 19.6. The number of nitrogens with one attached hydrogen (secondary N) is 1. The molecule has 170 valence electrons. The van der Waals surface area contributed by atoms with Gasteiger partial charge in [-0.3, -0.25) is 9.59 Å². The molecular weight excluding hydrogens is 420 g/mol. The Morgan fingerprint density at radius 2 is 1.72 bits per heavy atom. The molecule has 0 aromatic heterocycles. The molecule has 32 heavy (non-hydrogen) atoms. The van der Waals surface area contributed by atoms with E-state index in [0.717, 1.165) is 62.7 Å². The highest BCUT2D eigenvalue weighted by atomic mass is 32.2. The van der Waals surface area contributed by atoms with Gasteiger partial charge in [0.15, 0.2) is 0 Å². The van der Waals surface area contributed by atoms with Crippen molar-refractivity contribution in [2.75, 3.05) is 63.5 Å². The van der Waals surface area contributed by atoms with Crippen molar-refractivity contribution >= 4 is 29.3 Å². The van der Waals surface area contributed by atoms with Crippen molar-refractivity contribution in [3.05, 3.63) is 59.7 Å². The zero-order valence-electron chi connectivity index (χ0n) is 18.8. The highest BCUT2D eigenvalue weighted by Crippen LogP contribution is 2.29. The number of anilines is 1. The van der Waals surface area contributed by atoms with Gasteiger partial charge >= 0.3 is 0 Å². The van der Waals surface area contributed by atoms with Crippen LogP contribution in [0, 0.1) is 0 Å². The number of likely N-dealkylation sites (N-methyl/N-ethyl adjacent to an activating group) is 1. The fraction of sp³-hybridized carbons (Fsp3) is 0.440. The predicted octanol–water partition coefficient (Wildman–Crippen LogP) is 2.74. The van der Waals surface area contributed by atoms with Gasteiger partial charge in [-0.25, -0.2) is 0 Å². The molecule has 2 aliphatic rings. The van der Waals surface area contributed by atoms with Crippen LogP contribution in [-0.2, 0) is 11.2 Å². The van der Waals surface area contributed by atoms with Gasteiger partial charge in [0.25, 0.3) is 5.91 Å². The van der Waals surface area contributed by atoms with E-state index < -0.39 is 0 Å². The van der Waals surface area contributed by atoms with E-state index in [1.165, 1.54) is 17.3 Å². The first kappa shape index (κ1) is 22.8. The van der Waals surface area contributed by atoms with E-state index in [0.29, 0.717) is 17.9 Å². The number of thioether (sulfide) groups is 1. The number of amides is 2. The zero-order chi connectivity index (χ0) is 22.3. The van der Waals surface area contributed by atoms with Crippen LogP contribution in [0.25, 0.3) is 0 Å². The van der Waals surface area contributed by atoms with Crippen molar-refractivity contribution in [2.24, 2.45) is 0 Å². The van der Waals surface area contributed by atoms with Gasteiger partial charge < -0.3 is 20.0 Å². The molecule has 2 aromatic carbocycles. The van der Waals surface area contributed by atoms with Crippen LogP contribution in [-0.4, -0.2) is 80.2 Å². The van der Waals surface area contributed by atoms with Gasteiger partial charge in [0.2, 0.25) is 5.91 Å². The molecule has 2 amide bonds. The Kier molecular flexibility index (Phi) is 7.84. The van der Waals surface area contributed by atoms with Crippen LogP contribution < -0.4 is 10.2 Å². The van der Waals surface area contributed by atoms with Gasteiger partial charge in [-0.15, -0.1) is 11.8 Å². The summed E-state index contributed by atoms with van der Waals surface area (Å²) >= 11 is 1.44. The maximum Gasteiger partial charge on any atom is 0.252 e. The second-order valence-corrected chi connectivity index (χ2v) is 9.48. The third-order valence-corrected chi connectivity index (χ3v) is 7.26. The Hall–Kier alpha value is -2.35. The predicted molar refractivity (Wildman–Crippen MR) is 131 cm³/mol. The standard InChI is InChI=1S/C25H32N4O2S/c1-27-15-17-28(18-16-27)13-6-12-26-25(31)21-8-3-5-10-23(21)32-19-24(30)29-14-11-20-7-2-4-9-22(20)29/h2-5,7-10H,6,11-19H2,1H3,(H,26,31). The van der Waals surface area contributed by atoms with E-state index in [2.05, 4.69) is 28.2 Å². The summed E-state index contributed by atoms with van der Waals surface area (Å²) in [4.78, 5) is 33.1. The van der Waals surface area contributed by atoms with E-state index >= 15 is 0 Å². The highest BCUT2D eigenvalue weighted by molar-refractivity contribution is 8.00. The number of carbonyl (C=O) groups excluding carboxylic acids is 2. The van der Waals surface area contributed by atoms with Crippen molar-refractivity contribution in [2.45, 2.75) is 17.7 Å². The summed E-state index contributed by atoms with van der Waals surface area (Å²) in [7, 11) is 2.16. The first-order valence-electron chi connectivity index (χ1n) is 11.4. The number of rotatable bonds is 8. The van der Waals surface area contributed by atoms with Crippen LogP contribution in [0.15, 0.2) is 53.4 Å². The van der Waals surface area contributed by atoms with Crippen molar-refractivity contribution in [1.29, 1.82) is 0 Å². The van der Waals surface area contributed by atoms with Crippen LogP contribution in [0.1, 0.15) is 22.3 Å². The van der Waals surface area contributed by atoms with Crippen LogP contribution in [0.3, 0.4) is 0 Å². The van der Waals surface area contributed by atoms with Gasteiger partial charge in [-0.1, -0.05) is 30.3 Å². The first-order chi connectivity index (χ1) is 15.6. The minimum absolute atomic E-state index is 0.0644. The van der Waals surface area contributed by atoms with E-state index in [4.69, 9.17) is 0 Å². The maximum absolute atomic E-state index is 12.8. The second-order valence-electron chi connectivity index (χ2n) is 8.46. The van der Waals surface area contributed by atoms with E-state index in [1.54, 1.807) is 0 Å². The molecular formula is C25H32N4O2S. The molecule has 0 atom stereocenters. The summed E-state index contributed by atoms with van der Waals surface area (Å²) in [5.41, 5.74) is 2.89. The lowest BCUT2D eigenvalue weighted by molar-refractivity contribution is -0.116. The van der Waals surface area contributed by atoms with Gasteiger partial charge in [-0.2, -0.15) is 0 Å². The monoisotopic (exact) mass is 452 g/mol. The molecule has 2 aromatic rings. The second kappa shape index (κ2) is 11.0. The Morgan fingerprint density at radius 1 is 0.969 bits per heavy atom. The number of nitrogens with zero attached hydrogens (tertiary/aromatic N) is 3. The summed E-state index contributed by atoms with van der Waals surface area (Å²) < 4.78 is 0. The van der Waals surface area contributed by atoms with Crippen LogP contribution in [0.4, 0.5) is 5.69 Å². The molecule has 4 rings (SSSR count).